The van der Waals surface area contributed by atoms with Gasteiger partial charge in [-0.3, -0.25) is 4.79 Å². The molecule has 3 atom stereocenters. The number of nitrogens with one attached hydrogen (secondary N) is 1. The molecular weight excluding hydrogens is 301 g/mol. The number of ether oxygens (including phenoxy) is 1. The molecule has 1 aromatic rings. The standard InChI is InChI=1S/C13H13BrFNO2/c14-10-3-1-7(15)5-9(10)13(17)16-11-6-8-2-4-12(11)18-8/h1,3,5,8,11-12H,2,4,6H2,(H,16,17). The molecule has 2 aliphatic rings. The van der Waals surface area contributed by atoms with Crippen LogP contribution in [-0.2, 0) is 4.74 Å². The molecule has 3 rings (SSSR count). The summed E-state index contributed by atoms with van der Waals surface area (Å²) in [6.45, 7) is 0. The molecule has 3 unspecified atom stereocenters. The number of hydrogen-bond donors (Lipinski definition) is 1. The van der Waals surface area contributed by atoms with Gasteiger partial charge in [0.2, 0.25) is 0 Å². The molecule has 0 radical (unpaired) electrons. The molecule has 0 spiro atoms. The number of rotatable bonds is 2. The van der Waals surface area contributed by atoms with Gasteiger partial charge in [0.25, 0.3) is 5.91 Å². The minimum atomic E-state index is -0.410. The first-order valence-electron chi connectivity index (χ1n) is 6.05. The maximum absolute atomic E-state index is 13.1. The Bertz CT molecular complexity index is 494. The molecule has 18 heavy (non-hydrogen) atoms. The van der Waals surface area contributed by atoms with E-state index in [1.54, 1.807) is 6.07 Å². The lowest BCUT2D eigenvalue weighted by Gasteiger charge is -2.20. The van der Waals surface area contributed by atoms with Gasteiger partial charge >= 0.3 is 0 Å². The maximum atomic E-state index is 13.1. The third-order valence-corrected chi connectivity index (χ3v) is 4.29. The van der Waals surface area contributed by atoms with Crippen LogP contribution in [0.3, 0.4) is 0 Å². The van der Waals surface area contributed by atoms with Crippen molar-refractivity contribution in [1.82, 2.24) is 5.32 Å². The van der Waals surface area contributed by atoms with Gasteiger partial charge in [0, 0.05) is 4.47 Å². The largest absolute Gasteiger partial charge is 0.373 e. The number of fused-ring (bicyclic) bond motifs is 2. The van der Waals surface area contributed by atoms with Crippen molar-refractivity contribution in [2.24, 2.45) is 0 Å². The van der Waals surface area contributed by atoms with Gasteiger partial charge in [-0.15, -0.1) is 0 Å². The van der Waals surface area contributed by atoms with Crippen molar-refractivity contribution in [3.63, 3.8) is 0 Å². The van der Waals surface area contributed by atoms with Crippen molar-refractivity contribution in [3.8, 4) is 0 Å². The summed E-state index contributed by atoms with van der Waals surface area (Å²) in [6, 6.07) is 4.17. The Morgan fingerprint density at radius 3 is 2.94 bits per heavy atom. The topological polar surface area (TPSA) is 38.3 Å². The lowest BCUT2D eigenvalue weighted by atomic mass is 9.95. The molecule has 1 aromatic carbocycles. The van der Waals surface area contributed by atoms with Crippen LogP contribution in [-0.4, -0.2) is 24.2 Å². The fraction of sp³-hybridized carbons (Fsp3) is 0.462. The second-order valence-corrected chi connectivity index (χ2v) is 5.67. The Morgan fingerprint density at radius 1 is 1.44 bits per heavy atom. The van der Waals surface area contributed by atoms with Crippen LogP contribution >= 0.6 is 15.9 Å². The Morgan fingerprint density at radius 2 is 2.28 bits per heavy atom. The lowest BCUT2D eigenvalue weighted by molar-refractivity contribution is 0.0840. The molecule has 2 fully saturated rings. The number of halogens is 2. The number of amides is 1. The van der Waals surface area contributed by atoms with Crippen molar-refractivity contribution >= 4 is 21.8 Å². The van der Waals surface area contributed by atoms with Gasteiger partial charge in [-0.1, -0.05) is 0 Å². The van der Waals surface area contributed by atoms with Crippen molar-refractivity contribution < 1.29 is 13.9 Å². The average molecular weight is 314 g/mol. The van der Waals surface area contributed by atoms with Crippen LogP contribution in [0.4, 0.5) is 4.39 Å². The highest BCUT2D eigenvalue weighted by Gasteiger charge is 2.41. The van der Waals surface area contributed by atoms with Gasteiger partial charge < -0.3 is 10.1 Å². The molecule has 2 aliphatic heterocycles. The quantitative estimate of drug-likeness (QED) is 0.911. The van der Waals surface area contributed by atoms with Crippen LogP contribution in [0.2, 0.25) is 0 Å². The normalized spacial score (nSPS) is 29.6. The number of carbonyl (C=O) groups excluding carboxylic acids is 1. The van der Waals surface area contributed by atoms with Crippen LogP contribution in [0.1, 0.15) is 29.6 Å². The highest BCUT2D eigenvalue weighted by Crippen LogP contribution is 2.34. The predicted octanol–water partition coefficient (Wildman–Crippen LogP) is 2.64. The third-order valence-electron chi connectivity index (χ3n) is 3.60. The lowest BCUT2D eigenvalue weighted by Crippen LogP contribution is -2.41. The van der Waals surface area contributed by atoms with Gasteiger partial charge in [-0.05, 0) is 53.4 Å². The van der Waals surface area contributed by atoms with Crippen molar-refractivity contribution in [2.75, 3.05) is 0 Å². The van der Waals surface area contributed by atoms with E-state index in [0.29, 0.717) is 10.0 Å². The zero-order chi connectivity index (χ0) is 12.7. The SMILES string of the molecule is O=C(NC1CC2CCC1O2)c1cc(F)ccc1Br. The molecule has 1 amide bonds. The fourth-order valence-corrected chi connectivity index (χ4v) is 3.13. The minimum absolute atomic E-state index is 0.0615. The van der Waals surface area contributed by atoms with Crippen LogP contribution in [0.15, 0.2) is 22.7 Å². The minimum Gasteiger partial charge on any atom is -0.373 e. The monoisotopic (exact) mass is 313 g/mol. The van der Waals surface area contributed by atoms with E-state index in [1.165, 1.54) is 12.1 Å². The van der Waals surface area contributed by atoms with E-state index in [9.17, 15) is 9.18 Å². The first-order valence-corrected chi connectivity index (χ1v) is 6.84. The molecule has 0 aliphatic carbocycles. The van der Waals surface area contributed by atoms with Crippen LogP contribution < -0.4 is 5.32 Å². The summed E-state index contributed by atoms with van der Waals surface area (Å²) in [4.78, 5) is 12.1. The van der Waals surface area contributed by atoms with Gasteiger partial charge in [0.15, 0.2) is 0 Å². The second-order valence-electron chi connectivity index (χ2n) is 4.81. The Hall–Kier alpha value is -0.940. The van der Waals surface area contributed by atoms with Gasteiger partial charge in [0.05, 0.1) is 23.8 Å². The molecule has 0 aromatic heterocycles. The summed E-state index contributed by atoms with van der Waals surface area (Å²) < 4.78 is 19.4. The van der Waals surface area contributed by atoms with E-state index < -0.39 is 5.82 Å². The first kappa shape index (κ1) is 12.1. The molecule has 2 saturated heterocycles. The molecule has 2 bridgehead atoms. The van der Waals surface area contributed by atoms with E-state index in [1.807, 2.05) is 0 Å². The van der Waals surface area contributed by atoms with Crippen LogP contribution in [0, 0.1) is 5.82 Å². The Balaban J connectivity index is 1.73. The van der Waals surface area contributed by atoms with Gasteiger partial charge in [0.1, 0.15) is 5.82 Å². The highest BCUT2D eigenvalue weighted by molar-refractivity contribution is 9.10. The number of hydrogen-bond acceptors (Lipinski definition) is 2. The molecule has 0 saturated carbocycles. The summed E-state index contributed by atoms with van der Waals surface area (Å²) in [7, 11) is 0. The van der Waals surface area contributed by atoms with E-state index in [2.05, 4.69) is 21.2 Å². The Kier molecular flexibility index (Phi) is 3.11. The van der Waals surface area contributed by atoms with Gasteiger partial charge in [-0.25, -0.2) is 4.39 Å². The third kappa shape index (κ3) is 2.17. The molecule has 1 N–H and O–H groups in total. The maximum Gasteiger partial charge on any atom is 0.252 e. The molecule has 2 heterocycles. The zero-order valence-electron chi connectivity index (χ0n) is 9.66. The Labute approximate surface area is 113 Å². The fourth-order valence-electron chi connectivity index (χ4n) is 2.71. The smallest absolute Gasteiger partial charge is 0.252 e. The predicted molar refractivity (Wildman–Crippen MR) is 67.9 cm³/mol. The van der Waals surface area contributed by atoms with Crippen molar-refractivity contribution in [2.45, 2.75) is 37.5 Å². The average Bonchev–Trinajstić information content (AvgIpc) is 2.94. The molecule has 5 heteroatoms. The zero-order valence-corrected chi connectivity index (χ0v) is 11.2. The highest BCUT2D eigenvalue weighted by atomic mass is 79.9. The summed E-state index contributed by atoms with van der Waals surface area (Å²) >= 11 is 3.26. The van der Waals surface area contributed by atoms with Crippen molar-refractivity contribution in [1.29, 1.82) is 0 Å². The number of benzene rings is 1. The summed E-state index contributed by atoms with van der Waals surface area (Å²) in [6.07, 6.45) is 3.37. The van der Waals surface area contributed by atoms with Crippen LogP contribution in [0.25, 0.3) is 0 Å². The second kappa shape index (κ2) is 4.63. The van der Waals surface area contributed by atoms with Gasteiger partial charge in [-0.2, -0.15) is 0 Å². The van der Waals surface area contributed by atoms with E-state index in [0.717, 1.165) is 19.3 Å². The summed E-state index contributed by atoms with van der Waals surface area (Å²) in [5.41, 5.74) is 0.331. The van der Waals surface area contributed by atoms with E-state index in [-0.39, 0.29) is 24.2 Å². The summed E-state index contributed by atoms with van der Waals surface area (Å²) in [5.74, 6) is -0.657. The van der Waals surface area contributed by atoms with E-state index >= 15 is 0 Å². The van der Waals surface area contributed by atoms with Crippen LogP contribution in [0.5, 0.6) is 0 Å². The van der Waals surface area contributed by atoms with Crippen molar-refractivity contribution in [3.05, 3.63) is 34.1 Å². The summed E-state index contributed by atoms with van der Waals surface area (Å²) in [5, 5.41) is 2.93. The van der Waals surface area contributed by atoms with E-state index in [4.69, 9.17) is 4.74 Å². The first-order chi connectivity index (χ1) is 8.63. The molecule has 3 nitrogen and oxygen atoms in total. The molecular formula is C13H13BrFNO2. The number of carbonyl (C=O) groups is 1. The molecule has 96 valence electrons.